The summed E-state index contributed by atoms with van der Waals surface area (Å²) in [4.78, 5) is 9.95. The molecule has 0 aliphatic rings. The van der Waals surface area contributed by atoms with Crippen molar-refractivity contribution in [2.24, 2.45) is 0 Å². The molecule has 0 atom stereocenters. The van der Waals surface area contributed by atoms with Gasteiger partial charge in [0.15, 0.2) is 0 Å². The molecule has 7 heteroatoms. The lowest BCUT2D eigenvalue weighted by Gasteiger charge is -2.06. The minimum atomic E-state index is -1.06. The number of amides is 1. The van der Waals surface area contributed by atoms with Crippen LogP contribution in [0.5, 0.6) is 0 Å². The van der Waals surface area contributed by atoms with E-state index in [1.807, 2.05) is 0 Å². The van der Waals surface area contributed by atoms with E-state index < -0.39 is 6.09 Å². The Morgan fingerprint density at radius 2 is 1.88 bits per heavy atom. The van der Waals surface area contributed by atoms with Crippen molar-refractivity contribution < 1.29 is 9.90 Å². The minimum Gasteiger partial charge on any atom is -0.464 e. The Labute approximate surface area is 65.1 Å². The molecule has 0 saturated carbocycles. The average molecular weight is 189 g/mol. The highest BCUT2D eigenvalue weighted by atomic mass is 33.1. The first-order valence-electron chi connectivity index (χ1n) is 1.38. The van der Waals surface area contributed by atoms with Gasteiger partial charge in [0.2, 0.25) is 0 Å². The van der Waals surface area contributed by atoms with Crippen LogP contribution in [0.25, 0.3) is 0 Å². The van der Waals surface area contributed by atoms with Crippen molar-refractivity contribution in [1.29, 1.82) is 0 Å². The van der Waals surface area contributed by atoms with Crippen molar-refractivity contribution in [3.05, 3.63) is 0 Å². The lowest BCUT2D eigenvalue weighted by Crippen LogP contribution is -2.09. The Morgan fingerprint density at radius 3 is 1.88 bits per heavy atom. The zero-order chi connectivity index (χ0) is 6.57. The van der Waals surface area contributed by atoms with Gasteiger partial charge in [-0.2, -0.15) is 3.71 Å². The average Bonchev–Trinajstić information content (AvgIpc) is 1.69. The van der Waals surface area contributed by atoms with E-state index in [1.54, 1.807) is 0 Å². The van der Waals surface area contributed by atoms with Gasteiger partial charge in [0.25, 0.3) is 0 Å². The smallest absolute Gasteiger partial charge is 0.429 e. The van der Waals surface area contributed by atoms with Gasteiger partial charge in [0.05, 0.1) is 0 Å². The molecule has 0 aromatic rings. The van der Waals surface area contributed by atoms with Gasteiger partial charge >= 0.3 is 6.09 Å². The van der Waals surface area contributed by atoms with Crippen LogP contribution in [-0.2, 0) is 0 Å². The normalized spacial score (nSPS) is 8.75. The molecule has 1 amide bonds. The highest BCUT2D eigenvalue weighted by molar-refractivity contribution is 8.76. The second kappa shape index (κ2) is 4.54. The monoisotopic (exact) mass is 189 g/mol. The van der Waals surface area contributed by atoms with Crippen molar-refractivity contribution in [3.8, 4) is 0 Å². The van der Waals surface area contributed by atoms with Gasteiger partial charge in [-0.3, -0.25) is 0 Å². The van der Waals surface area contributed by atoms with Gasteiger partial charge in [-0.05, 0) is 0 Å². The zero-order valence-corrected chi connectivity index (χ0v) is 6.94. The maximum absolute atomic E-state index is 9.95. The van der Waals surface area contributed by atoms with E-state index in [1.165, 1.54) is 0 Å². The Kier molecular flexibility index (Phi) is 4.92. The number of hydrogen-bond donors (Lipinski definition) is 3. The van der Waals surface area contributed by atoms with Gasteiger partial charge in [0, 0.05) is 22.0 Å². The maximum Gasteiger partial charge on any atom is 0.429 e. The number of carbonyl (C=O) groups is 1. The summed E-state index contributed by atoms with van der Waals surface area (Å²) in [6, 6.07) is 0. The van der Waals surface area contributed by atoms with E-state index in [9.17, 15) is 4.79 Å². The molecule has 0 spiro atoms. The summed E-state index contributed by atoms with van der Waals surface area (Å²) in [5.74, 6) is 0. The quantitative estimate of drug-likeness (QED) is 0.353. The molecule has 0 aromatic carbocycles. The number of carboxylic acid groups (broad SMARTS) is 1. The third kappa shape index (κ3) is 2.85. The Hall–Kier alpha value is 0.670. The van der Waals surface area contributed by atoms with Crippen LogP contribution in [0.1, 0.15) is 0 Å². The molecule has 0 heterocycles. The number of hydrogen-bond acceptors (Lipinski definition) is 5. The number of nitrogens with zero attached hydrogens (tertiary/aromatic N) is 1. The van der Waals surface area contributed by atoms with Gasteiger partial charge in [-0.25, -0.2) is 4.79 Å². The molecule has 0 unspecified atom stereocenters. The van der Waals surface area contributed by atoms with Gasteiger partial charge < -0.3 is 5.11 Å². The van der Waals surface area contributed by atoms with Crippen molar-refractivity contribution in [2.45, 2.75) is 0 Å². The first-order chi connectivity index (χ1) is 3.72. The summed E-state index contributed by atoms with van der Waals surface area (Å²) in [6.45, 7) is 0. The largest absolute Gasteiger partial charge is 0.464 e. The first-order valence-corrected chi connectivity index (χ1v) is 5.03. The fourth-order valence-electron chi connectivity index (χ4n) is 0.0848. The van der Waals surface area contributed by atoms with Crippen LogP contribution >= 0.6 is 45.3 Å². The lowest BCUT2D eigenvalue weighted by molar-refractivity contribution is 0.191. The molecule has 3 nitrogen and oxygen atoms in total. The van der Waals surface area contributed by atoms with E-state index in [0.717, 1.165) is 25.7 Å². The topological polar surface area (TPSA) is 40.5 Å². The van der Waals surface area contributed by atoms with E-state index >= 15 is 0 Å². The predicted molar refractivity (Wildman–Crippen MR) is 43.0 cm³/mol. The molecule has 0 rings (SSSR count). The molecular weight excluding hydrogens is 186 g/mol. The second-order valence-corrected chi connectivity index (χ2v) is 2.97. The zero-order valence-electron chi connectivity index (χ0n) is 3.51. The maximum atomic E-state index is 9.95. The molecule has 1 N–H and O–H groups in total. The molecule has 0 bridgehead atoms. The minimum absolute atomic E-state index is 0.793. The van der Waals surface area contributed by atoms with Crippen molar-refractivity contribution in [3.63, 3.8) is 0 Å². The lowest BCUT2D eigenvalue weighted by atomic mass is 11.3. The molecule has 0 radical (unpaired) electrons. The first kappa shape index (κ1) is 8.67. The third-order valence-electron chi connectivity index (χ3n) is 0.305. The molecular formula is CH3NO2S4. The molecule has 0 fully saturated rings. The van der Waals surface area contributed by atoms with Crippen LogP contribution in [0.4, 0.5) is 4.79 Å². The standard InChI is InChI=1S/CH3NO2S4/c3-1(4)2(7-5)8-6/h5-6H,(H,3,4). The molecule has 0 aliphatic carbocycles. The van der Waals surface area contributed by atoms with Crippen LogP contribution in [0.15, 0.2) is 0 Å². The summed E-state index contributed by atoms with van der Waals surface area (Å²) < 4.78 is 0.895. The Morgan fingerprint density at radius 1 is 1.50 bits per heavy atom. The van der Waals surface area contributed by atoms with Crippen molar-refractivity contribution in [1.82, 2.24) is 3.71 Å². The van der Waals surface area contributed by atoms with Gasteiger partial charge in [-0.1, -0.05) is 23.3 Å². The Bertz CT molecular complexity index is 82.1. The molecule has 0 aliphatic heterocycles. The van der Waals surface area contributed by atoms with Gasteiger partial charge in [-0.15, -0.1) is 0 Å². The summed E-state index contributed by atoms with van der Waals surface area (Å²) >= 11 is 7.25. The van der Waals surface area contributed by atoms with Crippen LogP contribution in [0.2, 0.25) is 0 Å². The number of rotatable bonds is 2. The Balaban J connectivity index is 3.52. The summed E-state index contributed by atoms with van der Waals surface area (Å²) in [5, 5.41) is 8.16. The molecule has 0 saturated heterocycles. The fraction of sp³-hybridized carbons (Fsp3) is 0. The summed E-state index contributed by atoms with van der Waals surface area (Å²) in [5.41, 5.74) is 0. The second-order valence-electron chi connectivity index (χ2n) is 0.703. The van der Waals surface area contributed by atoms with Crippen LogP contribution < -0.4 is 0 Å². The summed E-state index contributed by atoms with van der Waals surface area (Å²) in [7, 11) is 1.59. The molecule has 8 heavy (non-hydrogen) atoms. The van der Waals surface area contributed by atoms with Crippen molar-refractivity contribution >= 4 is 51.4 Å². The number of thiol groups is 2. The highest BCUT2D eigenvalue weighted by Crippen LogP contribution is 2.26. The predicted octanol–water partition coefficient (Wildman–Crippen LogP) is 1.95. The van der Waals surface area contributed by atoms with Crippen LogP contribution in [0.3, 0.4) is 0 Å². The summed E-state index contributed by atoms with van der Waals surface area (Å²) in [6.07, 6.45) is -1.06. The van der Waals surface area contributed by atoms with E-state index in [4.69, 9.17) is 5.11 Å². The van der Waals surface area contributed by atoms with E-state index in [-0.39, 0.29) is 0 Å². The van der Waals surface area contributed by atoms with Crippen molar-refractivity contribution in [2.75, 3.05) is 0 Å². The van der Waals surface area contributed by atoms with Gasteiger partial charge in [0.1, 0.15) is 0 Å². The van der Waals surface area contributed by atoms with Crippen LogP contribution in [0, 0.1) is 0 Å². The molecule has 0 aromatic heterocycles. The third-order valence-corrected chi connectivity index (χ3v) is 3.00. The van der Waals surface area contributed by atoms with E-state index in [2.05, 4.69) is 23.3 Å². The van der Waals surface area contributed by atoms with E-state index in [0.29, 0.717) is 0 Å². The molecule has 48 valence electrons. The fourth-order valence-corrected chi connectivity index (χ4v) is 1.84. The highest BCUT2D eigenvalue weighted by Gasteiger charge is 2.07. The SMILES string of the molecule is O=C(O)N(SS)SS. The van der Waals surface area contributed by atoms with Crippen LogP contribution in [-0.4, -0.2) is 14.9 Å².